The molecule has 0 saturated heterocycles. The highest BCUT2D eigenvalue weighted by Gasteiger charge is 2.13. The van der Waals surface area contributed by atoms with Gasteiger partial charge in [0.15, 0.2) is 9.84 Å². The average Bonchev–Trinajstić information content (AvgIpc) is 2.89. The summed E-state index contributed by atoms with van der Waals surface area (Å²) in [6.07, 6.45) is 19.4. The Hall–Kier alpha value is -2.11. The largest absolute Gasteiger partial charge is 0.494 e. The van der Waals surface area contributed by atoms with Gasteiger partial charge >= 0.3 is 0 Å². The number of hydrogen-bond acceptors (Lipinski definition) is 4. The molecule has 0 aliphatic rings. The van der Waals surface area contributed by atoms with Crippen molar-refractivity contribution in [3.8, 4) is 5.75 Å². The van der Waals surface area contributed by atoms with E-state index in [1.807, 2.05) is 48.6 Å². The summed E-state index contributed by atoms with van der Waals surface area (Å²) in [7, 11) is -3.22. The van der Waals surface area contributed by atoms with E-state index in [1.54, 1.807) is 12.1 Å². The van der Waals surface area contributed by atoms with Crippen molar-refractivity contribution < 1.29 is 18.3 Å². The van der Waals surface area contributed by atoms with Crippen molar-refractivity contribution in [3.63, 3.8) is 0 Å². The van der Waals surface area contributed by atoms with Crippen molar-refractivity contribution in [1.29, 1.82) is 0 Å². The average molecular weight is 515 g/mol. The van der Waals surface area contributed by atoms with Crippen LogP contribution < -0.4 is 4.74 Å². The molecule has 0 fully saturated rings. The number of ether oxygens (including phenoxy) is 1. The Kier molecular flexibility index (Phi) is 15.2. The van der Waals surface area contributed by atoms with Gasteiger partial charge in [-0.05, 0) is 41.8 Å². The summed E-state index contributed by atoms with van der Waals surface area (Å²) in [4.78, 5) is 0.409. The fraction of sp³-hybridized carbons (Fsp3) is 0.548. The summed E-state index contributed by atoms with van der Waals surface area (Å²) < 4.78 is 30.9. The van der Waals surface area contributed by atoms with Gasteiger partial charge in [-0.2, -0.15) is 0 Å². The summed E-state index contributed by atoms with van der Waals surface area (Å²) in [6.45, 7) is 2.88. The van der Waals surface area contributed by atoms with Gasteiger partial charge in [0.2, 0.25) is 0 Å². The molecule has 200 valence electrons. The summed E-state index contributed by atoms with van der Waals surface area (Å²) in [6, 6.07) is 14.9. The van der Waals surface area contributed by atoms with Gasteiger partial charge in [-0.3, -0.25) is 0 Å². The number of aliphatic hydroxyl groups is 1. The smallest absolute Gasteiger partial charge is 0.178 e. The number of rotatable bonds is 20. The van der Waals surface area contributed by atoms with E-state index < -0.39 is 9.84 Å². The number of aliphatic hydroxyl groups excluding tert-OH is 1. The maximum absolute atomic E-state index is 12.7. The van der Waals surface area contributed by atoms with Gasteiger partial charge in [-0.15, -0.1) is 0 Å². The Morgan fingerprint density at radius 2 is 1.14 bits per heavy atom. The van der Waals surface area contributed by atoms with Crippen LogP contribution in [0.15, 0.2) is 53.4 Å². The third kappa shape index (κ3) is 12.7. The van der Waals surface area contributed by atoms with Gasteiger partial charge in [0.25, 0.3) is 0 Å². The minimum atomic E-state index is -3.22. The first-order valence-corrected chi connectivity index (χ1v) is 15.5. The van der Waals surface area contributed by atoms with Crippen LogP contribution in [-0.2, 0) is 9.84 Å². The van der Waals surface area contributed by atoms with Crippen LogP contribution in [0.1, 0.15) is 102 Å². The van der Waals surface area contributed by atoms with Gasteiger partial charge in [0, 0.05) is 13.0 Å². The monoisotopic (exact) mass is 514 g/mol. The van der Waals surface area contributed by atoms with E-state index in [9.17, 15) is 8.42 Å². The first kappa shape index (κ1) is 30.1. The molecule has 0 aliphatic carbocycles. The van der Waals surface area contributed by atoms with Gasteiger partial charge in [-0.25, -0.2) is 8.42 Å². The molecule has 5 heteroatoms. The molecule has 0 radical (unpaired) electrons. The third-order valence-corrected chi connectivity index (χ3v) is 8.24. The highest BCUT2D eigenvalue weighted by molar-refractivity contribution is 7.91. The molecule has 0 unspecified atom stereocenters. The molecule has 0 saturated carbocycles. The summed E-state index contributed by atoms with van der Waals surface area (Å²) in [5, 5.41) is 8.82. The highest BCUT2D eigenvalue weighted by atomic mass is 32.2. The van der Waals surface area contributed by atoms with E-state index >= 15 is 0 Å². The van der Waals surface area contributed by atoms with Crippen LogP contribution in [0.25, 0.3) is 12.2 Å². The van der Waals surface area contributed by atoms with Crippen LogP contribution in [0.3, 0.4) is 0 Å². The minimum Gasteiger partial charge on any atom is -0.494 e. The number of sulfone groups is 1. The maximum Gasteiger partial charge on any atom is 0.178 e. The molecule has 2 rings (SSSR count). The zero-order valence-corrected chi connectivity index (χ0v) is 23.0. The molecule has 0 aliphatic heterocycles. The van der Waals surface area contributed by atoms with E-state index in [1.165, 1.54) is 57.8 Å². The molecule has 0 atom stereocenters. The van der Waals surface area contributed by atoms with E-state index in [-0.39, 0.29) is 12.4 Å². The Balaban J connectivity index is 1.65. The molecule has 0 bridgehead atoms. The third-order valence-electron chi connectivity index (χ3n) is 6.43. The minimum absolute atomic E-state index is 0.125. The van der Waals surface area contributed by atoms with Crippen molar-refractivity contribution in [2.75, 3.05) is 19.0 Å². The van der Waals surface area contributed by atoms with E-state index in [0.29, 0.717) is 17.9 Å². The predicted molar refractivity (Wildman–Crippen MR) is 152 cm³/mol. The Labute approximate surface area is 219 Å². The Bertz CT molecular complexity index is 947. The summed E-state index contributed by atoms with van der Waals surface area (Å²) in [5.41, 5.74) is 2.00. The lowest BCUT2D eigenvalue weighted by atomic mass is 10.1. The van der Waals surface area contributed by atoms with Crippen LogP contribution in [0, 0.1) is 0 Å². The van der Waals surface area contributed by atoms with Crippen LogP contribution >= 0.6 is 0 Å². The quantitative estimate of drug-likeness (QED) is 0.143. The maximum atomic E-state index is 12.7. The second kappa shape index (κ2) is 18.2. The molecular formula is C31H46O4S. The van der Waals surface area contributed by atoms with Crippen molar-refractivity contribution in [2.24, 2.45) is 0 Å². The Morgan fingerprint density at radius 1 is 0.667 bits per heavy atom. The lowest BCUT2D eigenvalue weighted by molar-refractivity contribution is 0.233. The van der Waals surface area contributed by atoms with Crippen LogP contribution in [-0.4, -0.2) is 32.5 Å². The van der Waals surface area contributed by atoms with E-state index in [4.69, 9.17) is 9.84 Å². The zero-order valence-electron chi connectivity index (χ0n) is 22.2. The molecule has 0 aromatic heterocycles. The van der Waals surface area contributed by atoms with Crippen molar-refractivity contribution in [1.82, 2.24) is 0 Å². The first-order valence-electron chi connectivity index (χ1n) is 13.9. The highest BCUT2D eigenvalue weighted by Crippen LogP contribution is 2.18. The molecule has 0 spiro atoms. The number of unbranched alkanes of at least 4 members (excludes halogenated alkanes) is 11. The van der Waals surface area contributed by atoms with Gasteiger partial charge in [-0.1, -0.05) is 114 Å². The second-order valence-corrected chi connectivity index (χ2v) is 11.7. The molecule has 2 aromatic rings. The molecule has 36 heavy (non-hydrogen) atoms. The topological polar surface area (TPSA) is 63.6 Å². The summed E-state index contributed by atoms with van der Waals surface area (Å²) >= 11 is 0. The molecule has 2 aromatic carbocycles. The van der Waals surface area contributed by atoms with Crippen molar-refractivity contribution in [2.45, 2.75) is 95.3 Å². The molecule has 0 amide bonds. The first-order chi connectivity index (χ1) is 17.5. The zero-order chi connectivity index (χ0) is 25.9. The standard InChI is InChI=1S/C31H46O4S/c1-2-3-4-5-6-7-8-9-10-11-12-13-27-36(33,34)31-23-19-29(20-24-31)16-15-28-17-21-30(22-18-28)35-26-14-25-32/h15-24,32H,2-14,25-27H2,1H3. The van der Waals surface area contributed by atoms with Crippen molar-refractivity contribution in [3.05, 3.63) is 59.7 Å². The van der Waals surface area contributed by atoms with Gasteiger partial charge in [0.1, 0.15) is 5.75 Å². The Morgan fingerprint density at radius 3 is 1.64 bits per heavy atom. The van der Waals surface area contributed by atoms with Crippen molar-refractivity contribution >= 4 is 22.0 Å². The van der Waals surface area contributed by atoms with Crippen LogP contribution in [0.4, 0.5) is 0 Å². The molecule has 0 heterocycles. The predicted octanol–water partition coefficient (Wildman–Crippen LogP) is 8.09. The summed E-state index contributed by atoms with van der Waals surface area (Å²) in [5.74, 6) is 1.01. The SMILES string of the molecule is CCCCCCCCCCCCCCS(=O)(=O)c1ccc(C=Cc2ccc(OCCCO)cc2)cc1. The normalized spacial score (nSPS) is 11.8. The lowest BCUT2D eigenvalue weighted by Crippen LogP contribution is -2.06. The second-order valence-electron chi connectivity index (χ2n) is 9.60. The van der Waals surface area contributed by atoms with Gasteiger partial charge in [0.05, 0.1) is 17.3 Å². The lowest BCUT2D eigenvalue weighted by Gasteiger charge is -2.06. The van der Waals surface area contributed by atoms with Gasteiger partial charge < -0.3 is 9.84 Å². The van der Waals surface area contributed by atoms with E-state index in [0.717, 1.165) is 36.1 Å². The number of benzene rings is 2. The van der Waals surface area contributed by atoms with E-state index in [2.05, 4.69) is 6.92 Å². The molecular weight excluding hydrogens is 468 g/mol. The fourth-order valence-electron chi connectivity index (χ4n) is 4.16. The van der Waals surface area contributed by atoms with Crippen LogP contribution in [0.5, 0.6) is 5.75 Å². The number of hydrogen-bond donors (Lipinski definition) is 1. The fourth-order valence-corrected chi connectivity index (χ4v) is 5.53. The molecule has 1 N–H and O–H groups in total. The van der Waals surface area contributed by atoms with Crippen LogP contribution in [0.2, 0.25) is 0 Å². The molecule has 4 nitrogen and oxygen atoms in total.